The molecule has 9 N–H and O–H groups in total. The predicted molar refractivity (Wildman–Crippen MR) is 105 cm³/mol. The van der Waals surface area contributed by atoms with Gasteiger partial charge in [0.15, 0.2) is 0 Å². The highest BCUT2D eigenvalue weighted by atomic mass is 16.8. The Bertz CT molecular complexity index is 732. The molecule has 2 aliphatic rings. The van der Waals surface area contributed by atoms with Gasteiger partial charge < -0.3 is 64.9 Å². The van der Waals surface area contributed by atoms with E-state index in [9.17, 15) is 55.5 Å². The number of carboxylic acids is 2. The first-order valence-corrected chi connectivity index (χ1v) is 10.2. The lowest BCUT2D eigenvalue weighted by Crippen LogP contribution is -2.68. The summed E-state index contributed by atoms with van der Waals surface area (Å²) in [6, 6.07) is 0. The molecule has 2 aliphatic heterocycles. The highest BCUT2D eigenvalue weighted by Gasteiger charge is 2.60. The molecule has 2 heterocycles. The number of rotatable bonds is 11. The topological polar surface area (TPSA) is 253 Å². The minimum Gasteiger partial charge on any atom is -0.477 e. The second-order valence-corrected chi connectivity index (χ2v) is 7.99. The zero-order valence-corrected chi connectivity index (χ0v) is 17.9. The van der Waals surface area contributed by atoms with Crippen molar-refractivity contribution in [2.75, 3.05) is 19.8 Å². The van der Waals surface area contributed by atoms with Gasteiger partial charge in [-0.2, -0.15) is 0 Å². The number of hydrogen-bond acceptors (Lipinski definition) is 13. The Balaban J connectivity index is 2.48. The Labute approximate surface area is 193 Å². The van der Waals surface area contributed by atoms with Gasteiger partial charge in [0.2, 0.25) is 0 Å². The van der Waals surface area contributed by atoms with E-state index in [1.807, 2.05) is 0 Å². The lowest BCUT2D eigenvalue weighted by Gasteiger charge is -2.49. The molecular weight excluding hydrogens is 468 g/mol. The van der Waals surface area contributed by atoms with Crippen LogP contribution in [0.15, 0.2) is 12.7 Å². The molecule has 15 nitrogen and oxygen atoms in total. The van der Waals surface area contributed by atoms with E-state index in [0.29, 0.717) is 0 Å². The number of carbonyl (C=O) groups is 2. The van der Waals surface area contributed by atoms with Gasteiger partial charge in [0.1, 0.15) is 36.6 Å². The van der Waals surface area contributed by atoms with Gasteiger partial charge in [0.25, 0.3) is 11.6 Å². The third-order valence-corrected chi connectivity index (χ3v) is 5.61. The lowest BCUT2D eigenvalue weighted by molar-refractivity contribution is -0.373. The van der Waals surface area contributed by atoms with E-state index >= 15 is 0 Å². The maximum Gasteiger partial charge on any atom is 0.364 e. The normalized spacial score (nSPS) is 40.3. The zero-order valence-electron chi connectivity index (χ0n) is 17.9. The molecule has 196 valence electrons. The molecule has 34 heavy (non-hydrogen) atoms. The molecule has 15 heteroatoms. The van der Waals surface area contributed by atoms with E-state index in [-0.39, 0.29) is 6.61 Å². The third kappa shape index (κ3) is 5.55. The lowest BCUT2D eigenvalue weighted by atomic mass is 9.90. The SMILES string of the molecule is C=CCOC1(C(=O)O)C[C@@H](O[C@]2(C(=O)O)C[C@@H](O)[C@@H](O)[C@@H]([C@H](O)CO)O2)[C@@H](O)[C@@H]([C@H](O)CO)O1. The van der Waals surface area contributed by atoms with Crippen LogP contribution >= 0.6 is 0 Å². The van der Waals surface area contributed by atoms with Gasteiger partial charge in [-0.3, -0.25) is 0 Å². The van der Waals surface area contributed by atoms with Crippen LogP contribution in [0.2, 0.25) is 0 Å². The third-order valence-electron chi connectivity index (χ3n) is 5.61. The van der Waals surface area contributed by atoms with Crippen molar-refractivity contribution in [2.45, 2.75) is 73.2 Å². The van der Waals surface area contributed by atoms with Crippen LogP contribution in [-0.2, 0) is 28.5 Å². The molecule has 0 aromatic carbocycles. The highest BCUT2D eigenvalue weighted by Crippen LogP contribution is 2.40. The van der Waals surface area contributed by atoms with Crippen LogP contribution in [0.1, 0.15) is 12.8 Å². The Morgan fingerprint density at radius 3 is 1.91 bits per heavy atom. The monoisotopic (exact) mass is 498 g/mol. The molecule has 0 aromatic heterocycles. The molecule has 2 fully saturated rings. The first-order valence-electron chi connectivity index (χ1n) is 10.2. The van der Waals surface area contributed by atoms with Crippen molar-refractivity contribution >= 4 is 11.9 Å². The van der Waals surface area contributed by atoms with Crippen molar-refractivity contribution in [1.82, 2.24) is 0 Å². The number of carboxylic acid groups (broad SMARTS) is 2. The fraction of sp³-hybridized carbons (Fsp3) is 0.789. The molecule has 2 saturated heterocycles. The van der Waals surface area contributed by atoms with Crippen molar-refractivity contribution in [3.05, 3.63) is 12.7 Å². The summed E-state index contributed by atoms with van der Waals surface area (Å²) in [4.78, 5) is 24.2. The second-order valence-electron chi connectivity index (χ2n) is 7.99. The average Bonchev–Trinajstić information content (AvgIpc) is 2.80. The van der Waals surface area contributed by atoms with Crippen molar-refractivity contribution in [1.29, 1.82) is 0 Å². The second kappa shape index (κ2) is 11.3. The largest absolute Gasteiger partial charge is 0.477 e. The van der Waals surface area contributed by atoms with Crippen LogP contribution in [0.4, 0.5) is 0 Å². The zero-order chi connectivity index (χ0) is 25.8. The minimum absolute atomic E-state index is 0.382. The molecule has 0 saturated carbocycles. The van der Waals surface area contributed by atoms with Crippen LogP contribution in [0.5, 0.6) is 0 Å². The van der Waals surface area contributed by atoms with Crippen molar-refractivity contribution in [3.8, 4) is 0 Å². The van der Waals surface area contributed by atoms with Gasteiger partial charge in [-0.15, -0.1) is 6.58 Å². The Kier molecular flexibility index (Phi) is 9.48. The van der Waals surface area contributed by atoms with Gasteiger partial charge in [-0.05, 0) is 0 Å². The van der Waals surface area contributed by atoms with Crippen molar-refractivity contribution in [3.63, 3.8) is 0 Å². The molecule has 0 radical (unpaired) electrons. The molecule has 0 bridgehead atoms. The summed E-state index contributed by atoms with van der Waals surface area (Å²) < 4.78 is 21.2. The summed E-state index contributed by atoms with van der Waals surface area (Å²) >= 11 is 0. The first kappa shape index (κ1) is 28.5. The fourth-order valence-corrected chi connectivity index (χ4v) is 3.81. The number of hydrogen-bond donors (Lipinski definition) is 9. The number of aliphatic hydroxyl groups is 7. The molecule has 2 rings (SSSR count). The number of ether oxygens (including phenoxy) is 4. The van der Waals surface area contributed by atoms with E-state index < -0.39 is 98.4 Å². The van der Waals surface area contributed by atoms with Crippen LogP contribution in [0.25, 0.3) is 0 Å². The summed E-state index contributed by atoms with van der Waals surface area (Å²) in [5, 5.41) is 89.0. The van der Waals surface area contributed by atoms with Crippen molar-refractivity contribution < 1.29 is 74.5 Å². The smallest absolute Gasteiger partial charge is 0.364 e. The first-order chi connectivity index (χ1) is 15.9. The van der Waals surface area contributed by atoms with Gasteiger partial charge in [-0.1, -0.05) is 6.08 Å². The summed E-state index contributed by atoms with van der Waals surface area (Å²) in [6.45, 7) is 1.03. The summed E-state index contributed by atoms with van der Waals surface area (Å²) in [5.41, 5.74) is 0. The number of aliphatic hydroxyl groups excluding tert-OH is 7. The molecule has 0 amide bonds. The maximum absolute atomic E-state index is 12.2. The molecule has 1 unspecified atom stereocenters. The minimum atomic E-state index is -2.85. The van der Waals surface area contributed by atoms with E-state index in [1.54, 1.807) is 0 Å². The molecule has 0 aliphatic carbocycles. The van der Waals surface area contributed by atoms with E-state index in [1.165, 1.54) is 6.08 Å². The quantitative estimate of drug-likeness (QED) is 0.122. The van der Waals surface area contributed by atoms with E-state index in [2.05, 4.69) is 6.58 Å². The van der Waals surface area contributed by atoms with Crippen LogP contribution in [0.3, 0.4) is 0 Å². The maximum atomic E-state index is 12.2. The average molecular weight is 498 g/mol. The van der Waals surface area contributed by atoms with Crippen molar-refractivity contribution in [2.24, 2.45) is 0 Å². The van der Waals surface area contributed by atoms with Crippen LogP contribution < -0.4 is 0 Å². The van der Waals surface area contributed by atoms with Gasteiger partial charge in [0.05, 0.1) is 32.0 Å². The van der Waals surface area contributed by atoms with Gasteiger partial charge >= 0.3 is 11.9 Å². The summed E-state index contributed by atoms with van der Waals surface area (Å²) in [6.07, 6.45) is -15.4. The van der Waals surface area contributed by atoms with Gasteiger partial charge in [0, 0.05) is 12.8 Å². The molecule has 0 spiro atoms. The summed E-state index contributed by atoms with van der Waals surface area (Å²) in [5.74, 6) is -9.04. The molecule has 0 aromatic rings. The van der Waals surface area contributed by atoms with E-state index in [0.717, 1.165) is 0 Å². The van der Waals surface area contributed by atoms with Crippen LogP contribution in [0, 0.1) is 0 Å². The van der Waals surface area contributed by atoms with Gasteiger partial charge in [-0.25, -0.2) is 9.59 Å². The summed E-state index contributed by atoms with van der Waals surface area (Å²) in [7, 11) is 0. The Morgan fingerprint density at radius 1 is 0.941 bits per heavy atom. The number of aliphatic carboxylic acids is 2. The standard InChI is InChI=1S/C19H30O15/c1-2-3-31-18(16(27)28)5-11(13(26)15(33-18)10(24)7-21)32-19(17(29)30)4-8(22)12(25)14(34-19)9(23)6-20/h2,8-15,20-26H,1,3-7H2,(H,27,28)(H,29,30)/t8-,9-,10-,11-,12-,13-,14-,15-,18?,19-/m1/s1. The molecule has 10 atom stereocenters. The Hall–Kier alpha value is -1.76. The highest BCUT2D eigenvalue weighted by molar-refractivity contribution is 5.77. The van der Waals surface area contributed by atoms with Crippen LogP contribution in [-0.4, -0.2) is 138 Å². The Morgan fingerprint density at radius 2 is 1.44 bits per heavy atom. The molecular formula is C19H30O15. The fourth-order valence-electron chi connectivity index (χ4n) is 3.81. The predicted octanol–water partition coefficient (Wildman–Crippen LogP) is -4.50. The van der Waals surface area contributed by atoms with E-state index in [4.69, 9.17) is 18.9 Å².